The Morgan fingerprint density at radius 1 is 1.35 bits per heavy atom. The molecular weight excluding hydrogens is 276 g/mol. The third kappa shape index (κ3) is 1.62. The van der Waals surface area contributed by atoms with Gasteiger partial charge in [0.1, 0.15) is 11.7 Å². The van der Waals surface area contributed by atoms with Gasteiger partial charge in [-0.05, 0) is 44.9 Å². The van der Waals surface area contributed by atoms with Crippen LogP contribution in [0.1, 0.15) is 39.0 Å². The van der Waals surface area contributed by atoms with Crippen molar-refractivity contribution < 1.29 is 19.1 Å². The van der Waals surface area contributed by atoms with Crippen LogP contribution in [0.2, 0.25) is 0 Å². The van der Waals surface area contributed by atoms with Crippen molar-refractivity contribution in [3.8, 4) is 0 Å². The van der Waals surface area contributed by atoms with Crippen LogP contribution in [0, 0.1) is 23.7 Å². The third-order valence-electron chi connectivity index (χ3n) is 5.86. The summed E-state index contributed by atoms with van der Waals surface area (Å²) < 4.78 is 11.2. The van der Waals surface area contributed by atoms with Crippen molar-refractivity contribution in [1.29, 1.82) is 0 Å². The molecule has 4 rings (SSSR count). The lowest BCUT2D eigenvalue weighted by molar-refractivity contribution is -0.167. The van der Waals surface area contributed by atoms with E-state index in [4.69, 9.17) is 9.47 Å². The first-order valence-corrected chi connectivity index (χ1v) is 8.13. The van der Waals surface area contributed by atoms with Crippen LogP contribution in [0.15, 0.2) is 0 Å². The molecule has 2 bridgehead atoms. The largest absolute Gasteiger partial charge is 0.461 e. The maximum Gasteiger partial charge on any atom is 0.310 e. The average Bonchev–Trinajstić information content (AvgIpc) is 3.07. The summed E-state index contributed by atoms with van der Waals surface area (Å²) in [6.07, 6.45) is 4.90. The summed E-state index contributed by atoms with van der Waals surface area (Å²) in [7, 11) is 0. The minimum atomic E-state index is -0.328. The highest BCUT2D eigenvalue weighted by atomic mass is 32.1. The maximum atomic E-state index is 12.6. The van der Waals surface area contributed by atoms with E-state index in [-0.39, 0.29) is 52.6 Å². The molecule has 0 spiro atoms. The van der Waals surface area contributed by atoms with Crippen LogP contribution in [-0.2, 0) is 19.1 Å². The molecule has 6 atom stereocenters. The number of hydrogen-bond acceptors (Lipinski definition) is 5. The SMILES string of the molecule is CC1(OC(=O)C2C3CC4C(OC(=O)C42)C3S)CCCC1. The Balaban J connectivity index is 1.56. The first kappa shape index (κ1) is 13.0. The van der Waals surface area contributed by atoms with Crippen LogP contribution in [0.4, 0.5) is 0 Å². The molecule has 5 heteroatoms. The highest BCUT2D eigenvalue weighted by Crippen LogP contribution is 2.59. The zero-order valence-electron chi connectivity index (χ0n) is 11.6. The molecule has 0 N–H and O–H groups in total. The molecule has 1 heterocycles. The van der Waals surface area contributed by atoms with Crippen molar-refractivity contribution in [3.05, 3.63) is 0 Å². The molecule has 4 aliphatic rings. The second-order valence-electron chi connectivity index (χ2n) is 7.09. The predicted molar refractivity (Wildman–Crippen MR) is 74.2 cm³/mol. The lowest BCUT2D eigenvalue weighted by Gasteiger charge is -2.31. The van der Waals surface area contributed by atoms with E-state index in [0.717, 1.165) is 32.1 Å². The van der Waals surface area contributed by atoms with E-state index in [1.807, 2.05) is 6.92 Å². The molecule has 0 radical (unpaired) electrons. The predicted octanol–water partition coefficient (Wildman–Crippen LogP) is 1.97. The number of carbonyl (C=O) groups is 2. The van der Waals surface area contributed by atoms with Crippen molar-refractivity contribution in [2.75, 3.05) is 0 Å². The first-order chi connectivity index (χ1) is 9.50. The van der Waals surface area contributed by atoms with Gasteiger partial charge in [0.25, 0.3) is 0 Å². The summed E-state index contributed by atoms with van der Waals surface area (Å²) >= 11 is 4.58. The van der Waals surface area contributed by atoms with Gasteiger partial charge in [-0.25, -0.2) is 0 Å². The van der Waals surface area contributed by atoms with Crippen molar-refractivity contribution in [1.82, 2.24) is 0 Å². The highest BCUT2D eigenvalue weighted by molar-refractivity contribution is 7.81. The minimum absolute atomic E-state index is 0.00312. The van der Waals surface area contributed by atoms with Crippen molar-refractivity contribution in [3.63, 3.8) is 0 Å². The van der Waals surface area contributed by atoms with Crippen molar-refractivity contribution in [2.45, 2.75) is 56.0 Å². The van der Waals surface area contributed by atoms with Gasteiger partial charge in [-0.2, -0.15) is 12.6 Å². The molecule has 0 amide bonds. The molecule has 20 heavy (non-hydrogen) atoms. The molecule has 3 saturated carbocycles. The number of ether oxygens (including phenoxy) is 2. The van der Waals surface area contributed by atoms with Crippen LogP contribution in [-0.4, -0.2) is 28.9 Å². The van der Waals surface area contributed by atoms with E-state index in [9.17, 15) is 9.59 Å². The molecule has 110 valence electrons. The smallest absolute Gasteiger partial charge is 0.310 e. The van der Waals surface area contributed by atoms with Gasteiger partial charge in [0.2, 0.25) is 0 Å². The number of carbonyl (C=O) groups excluding carboxylic acids is 2. The third-order valence-corrected chi connectivity index (χ3v) is 6.53. The number of fused-ring (bicyclic) bond motifs is 1. The summed E-state index contributed by atoms with van der Waals surface area (Å²) in [4.78, 5) is 24.6. The van der Waals surface area contributed by atoms with Crippen LogP contribution in [0.3, 0.4) is 0 Å². The highest BCUT2D eigenvalue weighted by Gasteiger charge is 2.68. The van der Waals surface area contributed by atoms with Crippen LogP contribution >= 0.6 is 12.6 Å². The average molecular weight is 296 g/mol. The lowest BCUT2D eigenvalue weighted by Crippen LogP contribution is -2.42. The number of hydrogen-bond donors (Lipinski definition) is 1. The quantitative estimate of drug-likeness (QED) is 0.625. The first-order valence-electron chi connectivity index (χ1n) is 7.62. The topological polar surface area (TPSA) is 52.6 Å². The molecule has 1 aliphatic heterocycles. The fourth-order valence-corrected chi connectivity index (χ4v) is 5.46. The Morgan fingerprint density at radius 3 is 2.75 bits per heavy atom. The fourth-order valence-electron chi connectivity index (χ4n) is 4.88. The second kappa shape index (κ2) is 4.15. The minimum Gasteiger partial charge on any atom is -0.461 e. The molecule has 6 unspecified atom stereocenters. The van der Waals surface area contributed by atoms with Gasteiger partial charge in [0.05, 0.1) is 11.8 Å². The molecule has 4 nitrogen and oxygen atoms in total. The summed E-state index contributed by atoms with van der Waals surface area (Å²) in [5.74, 6) is -0.677. The Labute approximate surface area is 124 Å². The zero-order valence-corrected chi connectivity index (χ0v) is 12.5. The molecule has 3 aliphatic carbocycles. The Bertz CT molecular complexity index is 470. The molecule has 1 saturated heterocycles. The van der Waals surface area contributed by atoms with E-state index >= 15 is 0 Å². The summed E-state index contributed by atoms with van der Waals surface area (Å²) in [5.41, 5.74) is -0.326. The van der Waals surface area contributed by atoms with Crippen LogP contribution in [0.25, 0.3) is 0 Å². The van der Waals surface area contributed by atoms with Crippen LogP contribution in [0.5, 0.6) is 0 Å². The Kier molecular flexibility index (Phi) is 2.70. The standard InChI is InChI=1S/C15H20O4S/c1-15(4-2-3-5-15)19-14(17)10-8-6-7-9(10)13(16)18-11(7)12(8)20/h7-12,20H,2-6H2,1H3. The van der Waals surface area contributed by atoms with Gasteiger partial charge in [0.15, 0.2) is 0 Å². The number of thiol groups is 1. The van der Waals surface area contributed by atoms with E-state index < -0.39 is 0 Å². The lowest BCUT2D eigenvalue weighted by atomic mass is 9.79. The Morgan fingerprint density at radius 2 is 2.05 bits per heavy atom. The molecule has 4 fully saturated rings. The fraction of sp³-hybridized carbons (Fsp3) is 0.867. The van der Waals surface area contributed by atoms with Gasteiger partial charge < -0.3 is 9.47 Å². The van der Waals surface area contributed by atoms with E-state index in [1.165, 1.54) is 0 Å². The number of esters is 2. The van der Waals surface area contributed by atoms with Gasteiger partial charge in [-0.15, -0.1) is 0 Å². The van der Waals surface area contributed by atoms with Gasteiger partial charge in [-0.3, -0.25) is 9.59 Å². The van der Waals surface area contributed by atoms with E-state index in [0.29, 0.717) is 0 Å². The Hall–Kier alpha value is -0.710. The normalized spacial score (nSPS) is 47.6. The van der Waals surface area contributed by atoms with E-state index in [1.54, 1.807) is 0 Å². The molecular formula is C15H20O4S. The summed E-state index contributed by atoms with van der Waals surface area (Å²) in [6, 6.07) is 0. The van der Waals surface area contributed by atoms with Gasteiger partial charge in [-0.1, -0.05) is 0 Å². The monoisotopic (exact) mass is 296 g/mol. The summed E-state index contributed by atoms with van der Waals surface area (Å²) in [5, 5.41) is -0.00312. The van der Waals surface area contributed by atoms with Crippen molar-refractivity contribution in [2.24, 2.45) is 23.7 Å². The van der Waals surface area contributed by atoms with Gasteiger partial charge in [0, 0.05) is 11.2 Å². The van der Waals surface area contributed by atoms with Crippen LogP contribution < -0.4 is 0 Å². The van der Waals surface area contributed by atoms with Crippen molar-refractivity contribution >= 4 is 24.6 Å². The van der Waals surface area contributed by atoms with Gasteiger partial charge >= 0.3 is 11.9 Å². The summed E-state index contributed by atoms with van der Waals surface area (Å²) in [6.45, 7) is 2.01. The maximum absolute atomic E-state index is 12.6. The molecule has 0 aromatic heterocycles. The zero-order chi connectivity index (χ0) is 14.1. The molecule has 0 aromatic carbocycles. The second-order valence-corrected chi connectivity index (χ2v) is 7.68. The molecule has 0 aromatic rings. The van der Waals surface area contributed by atoms with E-state index in [2.05, 4.69) is 12.6 Å². The number of rotatable bonds is 2.